The van der Waals surface area contributed by atoms with Crippen molar-refractivity contribution in [2.24, 2.45) is 11.8 Å². The minimum Gasteiger partial charge on any atom is -0.297 e. The molecule has 18 heavy (non-hydrogen) atoms. The normalized spacial score (nSPS) is 28.9. The van der Waals surface area contributed by atoms with Crippen LogP contribution in [0, 0.1) is 11.8 Å². The average Bonchev–Trinajstić information content (AvgIpc) is 2.39. The lowest BCUT2D eigenvalue weighted by Gasteiger charge is -2.41. The molecule has 3 rings (SSSR count). The quantitative estimate of drug-likeness (QED) is 0.809. The number of piperidine rings is 1. The van der Waals surface area contributed by atoms with Crippen molar-refractivity contribution in [2.45, 2.75) is 38.6 Å². The van der Waals surface area contributed by atoms with Crippen LogP contribution in [0.1, 0.15) is 37.8 Å². The molecule has 2 fully saturated rings. The molecule has 0 aromatic carbocycles. The van der Waals surface area contributed by atoms with Gasteiger partial charge in [0.2, 0.25) is 0 Å². The molecule has 1 aromatic heterocycles. The maximum absolute atomic E-state index is 6.01. The Bertz CT molecular complexity index is 407. The van der Waals surface area contributed by atoms with Crippen molar-refractivity contribution in [3.8, 4) is 0 Å². The van der Waals surface area contributed by atoms with Crippen molar-refractivity contribution in [1.82, 2.24) is 9.88 Å². The Morgan fingerprint density at radius 3 is 2.89 bits per heavy atom. The molecular weight excluding hydrogens is 244 g/mol. The fourth-order valence-corrected chi connectivity index (χ4v) is 3.77. The van der Waals surface area contributed by atoms with Crippen LogP contribution in [-0.4, -0.2) is 23.0 Å². The Balaban J connectivity index is 1.61. The second-order valence-corrected chi connectivity index (χ2v) is 6.23. The van der Waals surface area contributed by atoms with Crippen LogP contribution < -0.4 is 0 Å². The summed E-state index contributed by atoms with van der Waals surface area (Å²) in [7, 11) is 0. The fraction of sp³-hybridized carbons (Fsp3) is 0.667. The number of pyridine rings is 1. The number of rotatable bonds is 2. The number of hydrogen-bond acceptors (Lipinski definition) is 2. The first-order valence-electron chi connectivity index (χ1n) is 7.14. The maximum atomic E-state index is 6.01. The van der Waals surface area contributed by atoms with Crippen LogP contribution in [-0.2, 0) is 6.54 Å². The van der Waals surface area contributed by atoms with E-state index in [1.807, 2.05) is 18.3 Å². The minimum absolute atomic E-state index is 0.799. The molecule has 0 bridgehead atoms. The molecule has 2 heterocycles. The van der Waals surface area contributed by atoms with Crippen LogP contribution >= 0.6 is 11.6 Å². The predicted octanol–water partition coefficient (Wildman–Crippen LogP) is 3.75. The second kappa shape index (κ2) is 5.58. The zero-order valence-electron chi connectivity index (χ0n) is 10.8. The van der Waals surface area contributed by atoms with E-state index < -0.39 is 0 Å². The minimum atomic E-state index is 0.799. The lowest BCUT2D eigenvalue weighted by atomic mass is 9.75. The van der Waals surface area contributed by atoms with Crippen LogP contribution in [0.25, 0.3) is 0 Å². The second-order valence-electron chi connectivity index (χ2n) is 5.79. The summed E-state index contributed by atoms with van der Waals surface area (Å²) >= 11 is 6.01. The predicted molar refractivity (Wildman–Crippen MR) is 74.6 cm³/mol. The van der Waals surface area contributed by atoms with Crippen LogP contribution in [0.15, 0.2) is 18.3 Å². The first-order chi connectivity index (χ1) is 8.81. The van der Waals surface area contributed by atoms with E-state index in [1.165, 1.54) is 45.2 Å². The van der Waals surface area contributed by atoms with Gasteiger partial charge in [-0.2, -0.15) is 0 Å². The van der Waals surface area contributed by atoms with E-state index in [-0.39, 0.29) is 0 Å². The van der Waals surface area contributed by atoms with Crippen LogP contribution in [0.5, 0.6) is 0 Å². The highest BCUT2D eigenvalue weighted by Crippen LogP contribution is 2.36. The van der Waals surface area contributed by atoms with E-state index >= 15 is 0 Å². The van der Waals surface area contributed by atoms with Crippen molar-refractivity contribution < 1.29 is 0 Å². The van der Waals surface area contributed by atoms with E-state index in [2.05, 4.69) is 9.88 Å². The van der Waals surface area contributed by atoms with Gasteiger partial charge in [-0.3, -0.25) is 9.88 Å². The third-order valence-electron chi connectivity index (χ3n) is 4.54. The van der Waals surface area contributed by atoms with E-state index in [1.54, 1.807) is 0 Å². The molecule has 1 aliphatic heterocycles. The standard InChI is InChI=1S/C15H21ClN2/c16-14-5-7-17-15(9-14)11-18-8-6-12-3-1-2-4-13(12)10-18/h5,7,9,12-13H,1-4,6,8,10-11H2. The average molecular weight is 265 g/mol. The Labute approximate surface area is 114 Å². The Hall–Kier alpha value is -0.600. The van der Waals surface area contributed by atoms with Gasteiger partial charge in [0.05, 0.1) is 5.69 Å². The highest BCUT2D eigenvalue weighted by molar-refractivity contribution is 6.30. The molecule has 0 amide bonds. The van der Waals surface area contributed by atoms with Gasteiger partial charge in [-0.1, -0.05) is 30.9 Å². The molecule has 3 heteroatoms. The lowest BCUT2D eigenvalue weighted by molar-refractivity contribution is 0.0812. The molecule has 98 valence electrons. The Morgan fingerprint density at radius 1 is 1.22 bits per heavy atom. The number of fused-ring (bicyclic) bond motifs is 1. The summed E-state index contributed by atoms with van der Waals surface area (Å²) in [6.07, 6.45) is 8.98. The van der Waals surface area contributed by atoms with Crippen LogP contribution in [0.2, 0.25) is 5.02 Å². The third kappa shape index (κ3) is 2.86. The summed E-state index contributed by atoms with van der Waals surface area (Å²) in [5.74, 6) is 1.94. The van der Waals surface area contributed by atoms with Gasteiger partial charge in [0.1, 0.15) is 0 Å². The third-order valence-corrected chi connectivity index (χ3v) is 4.77. The number of halogens is 1. The van der Waals surface area contributed by atoms with Gasteiger partial charge in [0, 0.05) is 24.3 Å². The summed E-state index contributed by atoms with van der Waals surface area (Å²) in [6.45, 7) is 3.46. The topological polar surface area (TPSA) is 16.1 Å². The molecule has 0 spiro atoms. The van der Waals surface area contributed by atoms with E-state index in [4.69, 9.17) is 11.6 Å². The number of nitrogens with zero attached hydrogens (tertiary/aromatic N) is 2. The van der Waals surface area contributed by atoms with Crippen molar-refractivity contribution in [2.75, 3.05) is 13.1 Å². The van der Waals surface area contributed by atoms with Gasteiger partial charge in [-0.25, -0.2) is 0 Å². The Kier molecular flexibility index (Phi) is 3.86. The SMILES string of the molecule is Clc1ccnc(CN2CCC3CCCCC3C2)c1. The smallest absolute Gasteiger partial charge is 0.0558 e. The van der Waals surface area contributed by atoms with Crippen molar-refractivity contribution in [1.29, 1.82) is 0 Å². The zero-order chi connectivity index (χ0) is 12.4. The molecule has 2 atom stereocenters. The summed E-state index contributed by atoms with van der Waals surface area (Å²) in [5, 5.41) is 0.799. The summed E-state index contributed by atoms with van der Waals surface area (Å²) < 4.78 is 0. The number of aromatic nitrogens is 1. The molecule has 2 unspecified atom stereocenters. The van der Waals surface area contributed by atoms with Crippen molar-refractivity contribution in [3.05, 3.63) is 29.0 Å². The molecule has 1 saturated carbocycles. The molecule has 1 aliphatic carbocycles. The fourth-order valence-electron chi connectivity index (χ4n) is 3.58. The van der Waals surface area contributed by atoms with Gasteiger partial charge in [0.25, 0.3) is 0 Å². The first kappa shape index (κ1) is 12.4. The van der Waals surface area contributed by atoms with Gasteiger partial charge < -0.3 is 0 Å². The Morgan fingerprint density at radius 2 is 2.06 bits per heavy atom. The summed E-state index contributed by atoms with van der Waals surface area (Å²) in [6, 6.07) is 3.84. The molecular formula is C15H21ClN2. The van der Waals surface area contributed by atoms with E-state index in [0.717, 1.165) is 29.1 Å². The molecule has 1 aromatic rings. The molecule has 2 aliphatic rings. The largest absolute Gasteiger partial charge is 0.297 e. The number of hydrogen-bond donors (Lipinski definition) is 0. The van der Waals surface area contributed by atoms with Gasteiger partial charge in [-0.15, -0.1) is 0 Å². The monoisotopic (exact) mass is 264 g/mol. The van der Waals surface area contributed by atoms with E-state index in [0.29, 0.717) is 0 Å². The first-order valence-corrected chi connectivity index (χ1v) is 7.52. The van der Waals surface area contributed by atoms with E-state index in [9.17, 15) is 0 Å². The van der Waals surface area contributed by atoms with Gasteiger partial charge >= 0.3 is 0 Å². The molecule has 1 saturated heterocycles. The van der Waals surface area contributed by atoms with Crippen molar-refractivity contribution in [3.63, 3.8) is 0 Å². The van der Waals surface area contributed by atoms with Crippen LogP contribution in [0.3, 0.4) is 0 Å². The number of likely N-dealkylation sites (tertiary alicyclic amines) is 1. The summed E-state index contributed by atoms with van der Waals surface area (Å²) in [4.78, 5) is 6.97. The molecule has 0 radical (unpaired) electrons. The van der Waals surface area contributed by atoms with Crippen LogP contribution in [0.4, 0.5) is 0 Å². The lowest BCUT2D eigenvalue weighted by Crippen LogP contribution is -2.41. The highest BCUT2D eigenvalue weighted by Gasteiger charge is 2.30. The highest BCUT2D eigenvalue weighted by atomic mass is 35.5. The van der Waals surface area contributed by atoms with Gasteiger partial charge in [0.15, 0.2) is 0 Å². The van der Waals surface area contributed by atoms with Gasteiger partial charge in [-0.05, 0) is 43.4 Å². The molecule has 0 N–H and O–H groups in total. The maximum Gasteiger partial charge on any atom is 0.0558 e. The van der Waals surface area contributed by atoms with Crippen molar-refractivity contribution >= 4 is 11.6 Å². The summed E-state index contributed by atoms with van der Waals surface area (Å²) in [5.41, 5.74) is 1.11. The molecule has 2 nitrogen and oxygen atoms in total. The zero-order valence-corrected chi connectivity index (χ0v) is 11.6.